The highest BCUT2D eigenvalue weighted by molar-refractivity contribution is 5.89. The van der Waals surface area contributed by atoms with Crippen LogP contribution in [-0.2, 0) is 4.79 Å². The minimum absolute atomic E-state index is 0.221. The van der Waals surface area contributed by atoms with Crippen molar-refractivity contribution in [1.29, 1.82) is 5.26 Å². The van der Waals surface area contributed by atoms with Crippen molar-refractivity contribution in [2.75, 3.05) is 13.7 Å². The van der Waals surface area contributed by atoms with Crippen LogP contribution >= 0.6 is 0 Å². The Hall–Kier alpha value is -4.04. The monoisotopic (exact) mass is 385 g/mol. The van der Waals surface area contributed by atoms with Crippen molar-refractivity contribution in [1.82, 2.24) is 0 Å². The fourth-order valence-electron chi connectivity index (χ4n) is 2.63. The predicted molar refractivity (Wildman–Crippen MR) is 110 cm³/mol. The van der Waals surface area contributed by atoms with Gasteiger partial charge >= 0.3 is 5.97 Å². The van der Waals surface area contributed by atoms with Gasteiger partial charge in [-0.05, 0) is 41.5 Å². The van der Waals surface area contributed by atoms with E-state index in [1.165, 1.54) is 7.11 Å². The first kappa shape index (κ1) is 19.7. The lowest BCUT2D eigenvalue weighted by Gasteiger charge is -2.11. The maximum absolute atomic E-state index is 12.1. The maximum Gasteiger partial charge on any atom is 0.349 e. The van der Waals surface area contributed by atoms with Gasteiger partial charge in [-0.1, -0.05) is 54.6 Å². The maximum atomic E-state index is 12.1. The van der Waals surface area contributed by atoms with E-state index in [0.717, 1.165) is 11.1 Å². The molecule has 0 N–H and O–H groups in total. The topological polar surface area (TPSA) is 68.5 Å². The number of esters is 1. The highest BCUT2D eigenvalue weighted by Crippen LogP contribution is 2.30. The van der Waals surface area contributed by atoms with Crippen LogP contribution in [0.3, 0.4) is 0 Å². The lowest BCUT2D eigenvalue weighted by molar-refractivity contribution is -0.136. The number of carbonyl (C=O) groups is 1. The summed E-state index contributed by atoms with van der Waals surface area (Å²) in [6.45, 7) is -0.221. The number of para-hydroxylation sites is 1. The average molecular weight is 385 g/mol. The minimum Gasteiger partial charge on any atom is -0.493 e. The zero-order valence-corrected chi connectivity index (χ0v) is 15.9. The molecule has 3 aromatic rings. The fraction of sp³-hybridized carbons (Fsp3) is 0.0833. The Morgan fingerprint density at radius 1 is 0.966 bits per heavy atom. The van der Waals surface area contributed by atoms with E-state index in [1.807, 2.05) is 48.5 Å². The second-order valence-corrected chi connectivity index (χ2v) is 6.02. The van der Waals surface area contributed by atoms with Gasteiger partial charge in [-0.2, -0.15) is 5.26 Å². The van der Waals surface area contributed by atoms with Crippen molar-refractivity contribution >= 4 is 17.6 Å². The Bertz CT molecular complexity index is 1040. The highest BCUT2D eigenvalue weighted by Gasteiger charge is 2.12. The highest BCUT2D eigenvalue weighted by atomic mass is 16.6. The summed E-state index contributed by atoms with van der Waals surface area (Å²) >= 11 is 0. The second kappa shape index (κ2) is 9.77. The summed E-state index contributed by atoms with van der Waals surface area (Å²) in [5, 5.41) is 9.46. The Labute approximate surface area is 169 Å². The summed E-state index contributed by atoms with van der Waals surface area (Å²) in [7, 11) is 1.49. The van der Waals surface area contributed by atoms with Gasteiger partial charge in [0.1, 0.15) is 5.75 Å². The molecule has 0 bridgehead atoms. The number of nitriles is 1. The molecule has 0 fully saturated rings. The summed E-state index contributed by atoms with van der Waals surface area (Å²) in [6.07, 6.45) is 1.75. The van der Waals surface area contributed by atoms with Crippen molar-refractivity contribution in [3.8, 4) is 23.3 Å². The van der Waals surface area contributed by atoms with Gasteiger partial charge in [0.15, 0.2) is 18.1 Å². The molecule has 5 nitrogen and oxygen atoms in total. The van der Waals surface area contributed by atoms with Gasteiger partial charge in [-0.3, -0.25) is 0 Å². The van der Waals surface area contributed by atoms with E-state index in [0.29, 0.717) is 17.1 Å². The molecule has 0 aliphatic carbocycles. The number of benzene rings is 3. The number of ether oxygens (including phenoxy) is 3. The molecule has 0 atom stereocenters. The minimum atomic E-state index is -0.544. The molecular formula is C24H19NO4. The van der Waals surface area contributed by atoms with Crippen molar-refractivity contribution < 1.29 is 19.0 Å². The number of hydrogen-bond acceptors (Lipinski definition) is 5. The molecular weight excluding hydrogens is 366 g/mol. The van der Waals surface area contributed by atoms with Gasteiger partial charge < -0.3 is 14.2 Å². The predicted octanol–water partition coefficient (Wildman–Crippen LogP) is 4.74. The van der Waals surface area contributed by atoms with Crippen LogP contribution in [0.2, 0.25) is 0 Å². The van der Waals surface area contributed by atoms with Crippen LogP contribution < -0.4 is 14.2 Å². The van der Waals surface area contributed by atoms with Crippen LogP contribution in [0.5, 0.6) is 17.2 Å². The van der Waals surface area contributed by atoms with Gasteiger partial charge in [0.25, 0.3) is 0 Å². The summed E-state index contributed by atoms with van der Waals surface area (Å²) in [5.74, 6) is 0.709. The number of methoxy groups -OCH3 is 1. The molecule has 0 amide bonds. The molecule has 3 aromatic carbocycles. The molecule has 0 radical (unpaired) electrons. The first-order valence-electron chi connectivity index (χ1n) is 8.93. The average Bonchev–Trinajstić information content (AvgIpc) is 2.78. The van der Waals surface area contributed by atoms with Crippen LogP contribution in [-0.4, -0.2) is 19.7 Å². The van der Waals surface area contributed by atoms with Crippen molar-refractivity contribution in [2.45, 2.75) is 0 Å². The molecule has 0 unspecified atom stereocenters. The molecule has 0 aromatic heterocycles. The summed E-state index contributed by atoms with van der Waals surface area (Å²) < 4.78 is 16.1. The second-order valence-electron chi connectivity index (χ2n) is 6.02. The smallest absolute Gasteiger partial charge is 0.349 e. The Morgan fingerprint density at radius 3 is 2.31 bits per heavy atom. The molecule has 144 valence electrons. The zero-order chi connectivity index (χ0) is 20.5. The standard InChI is InChI=1S/C24H19NO4/c1-27-23-15-18(14-20(16-25)19-8-4-2-5-9-19)12-13-22(23)29-24(26)17-28-21-10-6-3-7-11-21/h2-15H,17H2,1H3/b20-14+. The molecule has 5 heteroatoms. The quantitative estimate of drug-likeness (QED) is 0.254. The molecule has 0 aliphatic heterocycles. The fourth-order valence-corrected chi connectivity index (χ4v) is 2.63. The lowest BCUT2D eigenvalue weighted by atomic mass is 10.0. The number of hydrogen-bond donors (Lipinski definition) is 0. The van der Waals surface area contributed by atoms with Gasteiger partial charge in [0.2, 0.25) is 0 Å². The Kier molecular flexibility index (Phi) is 6.64. The third-order valence-corrected chi connectivity index (χ3v) is 4.03. The largest absolute Gasteiger partial charge is 0.493 e. The summed E-state index contributed by atoms with van der Waals surface area (Å²) in [6, 6.07) is 25.7. The molecule has 0 saturated carbocycles. The van der Waals surface area contributed by atoms with Gasteiger partial charge in [-0.15, -0.1) is 0 Å². The molecule has 0 spiro atoms. The SMILES string of the molecule is COc1cc(/C=C(\C#N)c2ccccc2)ccc1OC(=O)COc1ccccc1. The number of nitrogens with zero attached hydrogens (tertiary/aromatic N) is 1. The molecule has 3 rings (SSSR count). The van der Waals surface area contributed by atoms with Crippen LogP contribution in [0.25, 0.3) is 11.6 Å². The van der Waals surface area contributed by atoms with E-state index in [1.54, 1.807) is 36.4 Å². The van der Waals surface area contributed by atoms with E-state index in [2.05, 4.69) is 6.07 Å². The van der Waals surface area contributed by atoms with E-state index < -0.39 is 5.97 Å². The molecule has 0 saturated heterocycles. The summed E-state index contributed by atoms with van der Waals surface area (Å²) in [4.78, 5) is 12.1. The van der Waals surface area contributed by atoms with Crippen molar-refractivity contribution in [2.24, 2.45) is 0 Å². The number of allylic oxidation sites excluding steroid dienone is 1. The van der Waals surface area contributed by atoms with Crippen LogP contribution in [0.1, 0.15) is 11.1 Å². The van der Waals surface area contributed by atoms with Gasteiger partial charge in [0.05, 0.1) is 18.8 Å². The van der Waals surface area contributed by atoms with Crippen LogP contribution in [0.15, 0.2) is 78.9 Å². The Morgan fingerprint density at radius 2 is 1.66 bits per heavy atom. The van der Waals surface area contributed by atoms with E-state index >= 15 is 0 Å². The van der Waals surface area contributed by atoms with E-state index in [9.17, 15) is 10.1 Å². The van der Waals surface area contributed by atoms with Gasteiger partial charge in [0, 0.05) is 0 Å². The lowest BCUT2D eigenvalue weighted by Crippen LogP contribution is -2.18. The first-order valence-corrected chi connectivity index (χ1v) is 8.93. The molecule has 0 heterocycles. The van der Waals surface area contributed by atoms with Crippen LogP contribution in [0, 0.1) is 11.3 Å². The normalized spacial score (nSPS) is 10.7. The third kappa shape index (κ3) is 5.47. The van der Waals surface area contributed by atoms with E-state index in [-0.39, 0.29) is 12.4 Å². The van der Waals surface area contributed by atoms with Crippen molar-refractivity contribution in [3.05, 3.63) is 90.0 Å². The third-order valence-electron chi connectivity index (χ3n) is 4.03. The Balaban J connectivity index is 1.72. The number of carbonyl (C=O) groups excluding carboxylic acids is 1. The zero-order valence-electron chi connectivity index (χ0n) is 15.9. The molecule has 29 heavy (non-hydrogen) atoms. The first-order chi connectivity index (χ1) is 14.2. The molecule has 0 aliphatic rings. The van der Waals surface area contributed by atoms with E-state index in [4.69, 9.17) is 14.2 Å². The summed E-state index contributed by atoms with van der Waals surface area (Å²) in [5.41, 5.74) is 2.10. The van der Waals surface area contributed by atoms with Gasteiger partial charge in [-0.25, -0.2) is 4.79 Å². The van der Waals surface area contributed by atoms with Crippen molar-refractivity contribution in [3.63, 3.8) is 0 Å². The number of rotatable bonds is 7. The van der Waals surface area contributed by atoms with Crippen LogP contribution in [0.4, 0.5) is 0 Å².